The van der Waals surface area contributed by atoms with E-state index in [9.17, 15) is 0 Å². The van der Waals surface area contributed by atoms with Gasteiger partial charge in [-0.05, 0) is 6.92 Å². The molecule has 1 heterocycles. The number of allylic oxidation sites excluding steroid dienone is 2. The van der Waals surface area contributed by atoms with Gasteiger partial charge in [0.15, 0.2) is 0 Å². The molecule has 0 unspecified atom stereocenters. The molecule has 0 radical (unpaired) electrons. The highest BCUT2D eigenvalue weighted by Crippen LogP contribution is 1.95. The lowest BCUT2D eigenvalue weighted by molar-refractivity contribution is 0.819. The molecular formula is C7H11N3. The highest BCUT2D eigenvalue weighted by atomic mass is 15.1. The number of rotatable bonds is 2. The molecule has 0 aliphatic rings. The summed E-state index contributed by atoms with van der Waals surface area (Å²) >= 11 is 0. The third kappa shape index (κ3) is 1.62. The Morgan fingerprint density at radius 3 is 3.10 bits per heavy atom. The fraction of sp³-hybridized carbons (Fsp3) is 0.286. The Kier molecular flexibility index (Phi) is 2.10. The van der Waals surface area contributed by atoms with Crippen molar-refractivity contribution in [1.29, 1.82) is 0 Å². The van der Waals surface area contributed by atoms with Gasteiger partial charge in [-0.2, -0.15) is 0 Å². The molecule has 0 fully saturated rings. The summed E-state index contributed by atoms with van der Waals surface area (Å²) in [6.45, 7) is 2.83. The van der Waals surface area contributed by atoms with Crippen molar-refractivity contribution >= 4 is 5.82 Å². The van der Waals surface area contributed by atoms with Crippen molar-refractivity contribution < 1.29 is 0 Å². The number of hydrogen-bond acceptors (Lipinski definition) is 2. The molecule has 0 saturated heterocycles. The molecule has 1 aromatic rings. The van der Waals surface area contributed by atoms with Crippen LogP contribution in [0.5, 0.6) is 0 Å². The zero-order valence-corrected chi connectivity index (χ0v) is 5.99. The third-order valence-electron chi connectivity index (χ3n) is 1.21. The number of nitrogen functional groups attached to an aromatic ring is 1. The Morgan fingerprint density at radius 2 is 2.60 bits per heavy atom. The van der Waals surface area contributed by atoms with E-state index in [1.807, 2.05) is 23.6 Å². The Bertz CT molecular complexity index is 225. The van der Waals surface area contributed by atoms with Crippen molar-refractivity contribution in [2.24, 2.45) is 0 Å². The van der Waals surface area contributed by atoms with E-state index in [2.05, 4.69) is 4.98 Å². The van der Waals surface area contributed by atoms with Gasteiger partial charge in [0.1, 0.15) is 5.82 Å². The maximum Gasteiger partial charge on any atom is 0.141 e. The van der Waals surface area contributed by atoms with E-state index >= 15 is 0 Å². The monoisotopic (exact) mass is 137 g/mol. The largest absolute Gasteiger partial charge is 0.382 e. The Morgan fingerprint density at radius 1 is 1.80 bits per heavy atom. The SMILES string of the molecule is C/C=C/Cn1cnc(N)c1. The normalized spacial score (nSPS) is 10.9. The van der Waals surface area contributed by atoms with Crippen molar-refractivity contribution in [3.8, 4) is 0 Å². The number of hydrogen-bond donors (Lipinski definition) is 1. The average Bonchev–Trinajstić information content (AvgIpc) is 2.31. The van der Waals surface area contributed by atoms with Crippen molar-refractivity contribution in [1.82, 2.24) is 9.55 Å². The van der Waals surface area contributed by atoms with Gasteiger partial charge in [-0.1, -0.05) is 12.2 Å². The van der Waals surface area contributed by atoms with Crippen LogP contribution in [0.1, 0.15) is 6.92 Å². The smallest absolute Gasteiger partial charge is 0.141 e. The first-order valence-corrected chi connectivity index (χ1v) is 3.21. The lowest BCUT2D eigenvalue weighted by Gasteiger charge is -1.91. The molecular weight excluding hydrogens is 126 g/mol. The lowest BCUT2D eigenvalue weighted by atomic mass is 10.5. The maximum absolute atomic E-state index is 5.39. The van der Waals surface area contributed by atoms with Crippen molar-refractivity contribution in [2.45, 2.75) is 13.5 Å². The van der Waals surface area contributed by atoms with Crippen molar-refractivity contribution in [3.05, 3.63) is 24.7 Å². The van der Waals surface area contributed by atoms with E-state index in [4.69, 9.17) is 5.73 Å². The Labute approximate surface area is 60.2 Å². The summed E-state index contributed by atoms with van der Waals surface area (Å²) in [4.78, 5) is 3.88. The number of nitrogens with two attached hydrogens (primary N) is 1. The summed E-state index contributed by atoms with van der Waals surface area (Å²) < 4.78 is 1.93. The molecule has 54 valence electrons. The highest BCUT2D eigenvalue weighted by molar-refractivity contribution is 5.22. The topological polar surface area (TPSA) is 43.8 Å². The third-order valence-corrected chi connectivity index (χ3v) is 1.21. The second-order valence-electron chi connectivity index (χ2n) is 2.06. The zero-order chi connectivity index (χ0) is 7.40. The van der Waals surface area contributed by atoms with E-state index in [-0.39, 0.29) is 0 Å². The molecule has 0 amide bonds. The maximum atomic E-state index is 5.39. The molecule has 1 rings (SSSR count). The van der Waals surface area contributed by atoms with Gasteiger partial charge in [0.25, 0.3) is 0 Å². The van der Waals surface area contributed by atoms with Crippen LogP contribution in [-0.2, 0) is 6.54 Å². The fourth-order valence-corrected chi connectivity index (χ4v) is 0.704. The van der Waals surface area contributed by atoms with Crippen LogP contribution in [0.3, 0.4) is 0 Å². The molecule has 0 aliphatic carbocycles. The van der Waals surface area contributed by atoms with Gasteiger partial charge in [0.2, 0.25) is 0 Å². The number of anilines is 1. The van der Waals surface area contributed by atoms with E-state index < -0.39 is 0 Å². The lowest BCUT2D eigenvalue weighted by Crippen LogP contribution is -1.89. The number of nitrogens with zero attached hydrogens (tertiary/aromatic N) is 2. The van der Waals surface area contributed by atoms with Crippen molar-refractivity contribution in [3.63, 3.8) is 0 Å². The summed E-state index contributed by atoms with van der Waals surface area (Å²) in [6, 6.07) is 0. The minimum absolute atomic E-state index is 0.574. The molecule has 3 heteroatoms. The second kappa shape index (κ2) is 3.06. The average molecular weight is 137 g/mol. The molecule has 1 aromatic heterocycles. The molecule has 0 aromatic carbocycles. The van der Waals surface area contributed by atoms with Crippen LogP contribution in [0.2, 0.25) is 0 Å². The highest BCUT2D eigenvalue weighted by Gasteiger charge is 1.88. The van der Waals surface area contributed by atoms with E-state index in [0.717, 1.165) is 6.54 Å². The molecule has 0 bridgehead atoms. The summed E-state index contributed by atoms with van der Waals surface area (Å²) in [7, 11) is 0. The summed E-state index contributed by atoms with van der Waals surface area (Å²) in [5, 5.41) is 0. The van der Waals surface area contributed by atoms with Crippen LogP contribution in [0.25, 0.3) is 0 Å². The zero-order valence-electron chi connectivity index (χ0n) is 5.99. The molecule has 2 N–H and O–H groups in total. The van der Waals surface area contributed by atoms with E-state index in [1.54, 1.807) is 12.5 Å². The minimum atomic E-state index is 0.574. The minimum Gasteiger partial charge on any atom is -0.382 e. The van der Waals surface area contributed by atoms with Gasteiger partial charge < -0.3 is 10.3 Å². The first-order chi connectivity index (χ1) is 4.83. The summed E-state index contributed by atoms with van der Waals surface area (Å²) in [5.41, 5.74) is 5.39. The van der Waals surface area contributed by atoms with E-state index in [1.165, 1.54) is 0 Å². The molecule has 0 saturated carbocycles. The van der Waals surface area contributed by atoms with Gasteiger partial charge >= 0.3 is 0 Å². The molecule has 10 heavy (non-hydrogen) atoms. The van der Waals surface area contributed by atoms with Crippen LogP contribution in [-0.4, -0.2) is 9.55 Å². The Hall–Kier alpha value is -1.25. The quantitative estimate of drug-likeness (QED) is 0.619. The van der Waals surface area contributed by atoms with E-state index in [0.29, 0.717) is 5.82 Å². The number of imidazole rings is 1. The van der Waals surface area contributed by atoms with Crippen LogP contribution in [0, 0.1) is 0 Å². The van der Waals surface area contributed by atoms with Crippen LogP contribution >= 0.6 is 0 Å². The van der Waals surface area contributed by atoms with Gasteiger partial charge in [0.05, 0.1) is 6.33 Å². The van der Waals surface area contributed by atoms with Gasteiger partial charge in [-0.25, -0.2) is 4.98 Å². The molecule has 0 spiro atoms. The fourth-order valence-electron chi connectivity index (χ4n) is 0.704. The summed E-state index contributed by atoms with van der Waals surface area (Å²) in [6.07, 6.45) is 7.56. The molecule has 3 nitrogen and oxygen atoms in total. The first kappa shape index (κ1) is 6.86. The predicted molar refractivity (Wildman–Crippen MR) is 41.5 cm³/mol. The standard InChI is InChI=1S/C7H11N3/c1-2-3-4-10-5-7(8)9-6-10/h2-3,5-6H,4,8H2,1H3/b3-2+. The first-order valence-electron chi connectivity index (χ1n) is 3.21. The van der Waals surface area contributed by atoms with Crippen LogP contribution in [0.15, 0.2) is 24.7 Å². The number of aromatic nitrogens is 2. The van der Waals surface area contributed by atoms with Gasteiger partial charge in [-0.15, -0.1) is 0 Å². The van der Waals surface area contributed by atoms with Gasteiger partial charge in [-0.3, -0.25) is 0 Å². The van der Waals surface area contributed by atoms with Crippen LogP contribution < -0.4 is 5.73 Å². The molecule has 0 aliphatic heterocycles. The summed E-state index contributed by atoms with van der Waals surface area (Å²) in [5.74, 6) is 0.574. The Balaban J connectivity index is 2.58. The van der Waals surface area contributed by atoms with Crippen LogP contribution in [0.4, 0.5) is 5.82 Å². The van der Waals surface area contributed by atoms with Gasteiger partial charge in [0, 0.05) is 12.7 Å². The molecule has 0 atom stereocenters. The second-order valence-corrected chi connectivity index (χ2v) is 2.06. The predicted octanol–water partition coefficient (Wildman–Crippen LogP) is 1.04. The van der Waals surface area contributed by atoms with Crippen molar-refractivity contribution in [2.75, 3.05) is 5.73 Å².